The number of rotatable bonds is 5. The monoisotopic (exact) mass is 396 g/mol. The number of thiophene rings is 1. The zero-order valence-electron chi connectivity index (χ0n) is 16.0. The maximum atomic E-state index is 4.65. The van der Waals surface area contributed by atoms with Gasteiger partial charge in [0.1, 0.15) is 12.1 Å². The van der Waals surface area contributed by atoms with Crippen molar-refractivity contribution in [1.82, 2.24) is 14.5 Å². The summed E-state index contributed by atoms with van der Waals surface area (Å²) in [5.74, 6) is 0.855. The number of nitrogens with one attached hydrogen (secondary N) is 1. The highest BCUT2D eigenvalue weighted by Gasteiger charge is 2.17. The summed E-state index contributed by atoms with van der Waals surface area (Å²) >= 11 is 1.74. The van der Waals surface area contributed by atoms with E-state index >= 15 is 0 Å². The second kappa shape index (κ2) is 7.53. The Hall–Kier alpha value is -3.44. The first-order valence-electron chi connectivity index (χ1n) is 9.54. The van der Waals surface area contributed by atoms with Crippen molar-refractivity contribution in [2.45, 2.75) is 13.5 Å². The van der Waals surface area contributed by atoms with Crippen LogP contribution in [0.15, 0.2) is 84.6 Å². The summed E-state index contributed by atoms with van der Waals surface area (Å²) in [6.45, 7) is 2.85. The molecule has 0 fully saturated rings. The quantitative estimate of drug-likeness (QED) is 0.392. The zero-order valence-corrected chi connectivity index (χ0v) is 16.9. The Bertz CT molecular complexity index is 1260. The van der Waals surface area contributed by atoms with Gasteiger partial charge in [-0.2, -0.15) is 0 Å². The first-order chi connectivity index (χ1) is 14.3. The van der Waals surface area contributed by atoms with Crippen LogP contribution in [-0.2, 0) is 6.54 Å². The summed E-state index contributed by atoms with van der Waals surface area (Å²) in [7, 11) is 0. The van der Waals surface area contributed by atoms with Crippen molar-refractivity contribution in [3.63, 3.8) is 0 Å². The third-order valence-corrected chi connectivity index (χ3v) is 5.83. The molecule has 5 heteroatoms. The third-order valence-electron chi connectivity index (χ3n) is 4.96. The van der Waals surface area contributed by atoms with Crippen LogP contribution in [0.5, 0.6) is 0 Å². The van der Waals surface area contributed by atoms with Gasteiger partial charge in [-0.25, -0.2) is 9.97 Å². The summed E-state index contributed by atoms with van der Waals surface area (Å²) in [6.07, 6.45) is 3.81. The lowest BCUT2D eigenvalue weighted by Gasteiger charge is -2.08. The average molecular weight is 397 g/mol. The summed E-state index contributed by atoms with van der Waals surface area (Å²) in [6, 6.07) is 23.1. The number of hydrogen-bond donors (Lipinski definition) is 1. The van der Waals surface area contributed by atoms with Gasteiger partial charge in [0.05, 0.1) is 11.9 Å². The Balaban J connectivity index is 1.70. The summed E-state index contributed by atoms with van der Waals surface area (Å²) in [5.41, 5.74) is 5.49. The summed E-state index contributed by atoms with van der Waals surface area (Å²) < 4.78 is 2.16. The van der Waals surface area contributed by atoms with E-state index in [0.29, 0.717) is 0 Å². The van der Waals surface area contributed by atoms with Crippen LogP contribution in [0.3, 0.4) is 0 Å². The first-order valence-corrected chi connectivity index (χ1v) is 10.4. The van der Waals surface area contributed by atoms with Gasteiger partial charge < -0.3 is 9.88 Å². The van der Waals surface area contributed by atoms with Crippen molar-refractivity contribution >= 4 is 28.2 Å². The molecule has 0 amide bonds. The fourth-order valence-corrected chi connectivity index (χ4v) is 4.24. The third kappa shape index (κ3) is 3.41. The lowest BCUT2D eigenvalue weighted by molar-refractivity contribution is 1.06. The van der Waals surface area contributed by atoms with Gasteiger partial charge in [-0.05, 0) is 41.6 Å². The van der Waals surface area contributed by atoms with Gasteiger partial charge >= 0.3 is 0 Å². The highest BCUT2D eigenvalue weighted by atomic mass is 32.1. The highest BCUT2D eigenvalue weighted by molar-refractivity contribution is 7.09. The van der Waals surface area contributed by atoms with Gasteiger partial charge in [0.2, 0.25) is 0 Å². The van der Waals surface area contributed by atoms with Crippen LogP contribution in [0.4, 0.5) is 5.82 Å². The summed E-state index contributed by atoms with van der Waals surface area (Å²) in [5, 5.41) is 6.65. The van der Waals surface area contributed by atoms with Crippen LogP contribution in [0.25, 0.3) is 27.8 Å². The number of aryl methyl sites for hydroxylation is 1. The van der Waals surface area contributed by atoms with Gasteiger partial charge in [0, 0.05) is 22.3 Å². The van der Waals surface area contributed by atoms with Gasteiger partial charge in [0.25, 0.3) is 0 Å². The van der Waals surface area contributed by atoms with E-state index < -0.39 is 0 Å². The number of anilines is 1. The maximum Gasteiger partial charge on any atom is 0.150 e. The van der Waals surface area contributed by atoms with Crippen molar-refractivity contribution in [1.29, 1.82) is 0 Å². The predicted molar refractivity (Wildman–Crippen MR) is 121 cm³/mol. The highest BCUT2D eigenvalue weighted by Crippen LogP contribution is 2.35. The fraction of sp³-hybridized carbons (Fsp3) is 0.0833. The maximum absolute atomic E-state index is 4.65. The summed E-state index contributed by atoms with van der Waals surface area (Å²) in [4.78, 5) is 10.5. The van der Waals surface area contributed by atoms with E-state index in [2.05, 4.69) is 99.0 Å². The minimum absolute atomic E-state index is 0.744. The molecule has 0 aliphatic heterocycles. The van der Waals surface area contributed by atoms with E-state index in [1.165, 1.54) is 10.4 Å². The molecule has 2 aromatic carbocycles. The number of fused-ring (bicyclic) bond motifs is 1. The zero-order chi connectivity index (χ0) is 19.6. The molecule has 0 radical (unpaired) electrons. The molecule has 0 unspecified atom stereocenters. The minimum Gasteiger partial charge on any atom is -0.364 e. The van der Waals surface area contributed by atoms with E-state index in [9.17, 15) is 0 Å². The largest absolute Gasteiger partial charge is 0.364 e. The van der Waals surface area contributed by atoms with Crippen molar-refractivity contribution in [2.75, 3.05) is 5.32 Å². The molecule has 0 spiro atoms. The number of benzene rings is 2. The fourth-order valence-electron chi connectivity index (χ4n) is 3.59. The van der Waals surface area contributed by atoms with Crippen LogP contribution in [0.2, 0.25) is 0 Å². The topological polar surface area (TPSA) is 42.7 Å². The van der Waals surface area contributed by atoms with Gasteiger partial charge in [0.15, 0.2) is 5.65 Å². The van der Waals surface area contributed by atoms with E-state index in [0.717, 1.165) is 40.2 Å². The molecule has 0 saturated carbocycles. The number of aromatic nitrogens is 3. The average Bonchev–Trinajstić information content (AvgIpc) is 3.41. The molecule has 0 aliphatic rings. The molecule has 0 aliphatic carbocycles. The Morgan fingerprint density at radius 2 is 1.86 bits per heavy atom. The molecule has 3 aromatic heterocycles. The molecule has 0 saturated heterocycles. The van der Waals surface area contributed by atoms with Crippen molar-refractivity contribution < 1.29 is 0 Å². The second-order valence-corrected chi connectivity index (χ2v) is 8.00. The Kier molecular flexibility index (Phi) is 4.58. The Morgan fingerprint density at radius 1 is 0.966 bits per heavy atom. The lowest BCUT2D eigenvalue weighted by atomic mass is 10.1. The van der Waals surface area contributed by atoms with Gasteiger partial charge in [-0.1, -0.05) is 48.5 Å². The van der Waals surface area contributed by atoms with Crippen LogP contribution < -0.4 is 5.32 Å². The van der Waals surface area contributed by atoms with Crippen LogP contribution >= 0.6 is 11.3 Å². The van der Waals surface area contributed by atoms with Gasteiger partial charge in [-0.3, -0.25) is 0 Å². The molecular weight excluding hydrogens is 376 g/mol. The van der Waals surface area contributed by atoms with Crippen molar-refractivity contribution in [2.24, 2.45) is 0 Å². The minimum atomic E-state index is 0.744. The molecule has 0 bridgehead atoms. The van der Waals surface area contributed by atoms with E-state index in [4.69, 9.17) is 0 Å². The first kappa shape index (κ1) is 17.6. The Labute approximate surface area is 173 Å². The smallest absolute Gasteiger partial charge is 0.150 e. The standard InChI is InChI=1S/C24H20N4S/c1-17-7-5-10-19(13-17)28-15-21(18-8-3-2-4-9-18)22-23(26-16-27-24(22)28)25-14-20-11-6-12-29-20/h2-13,15-16H,14H2,1H3,(H,25,26,27). The molecule has 5 rings (SSSR count). The lowest BCUT2D eigenvalue weighted by Crippen LogP contribution is -2.02. The molecule has 1 N–H and O–H groups in total. The molecule has 3 heterocycles. The van der Waals surface area contributed by atoms with E-state index in [-0.39, 0.29) is 0 Å². The van der Waals surface area contributed by atoms with Crippen LogP contribution in [0.1, 0.15) is 10.4 Å². The Morgan fingerprint density at radius 3 is 2.66 bits per heavy atom. The van der Waals surface area contributed by atoms with Crippen LogP contribution in [0, 0.1) is 6.92 Å². The molecule has 0 atom stereocenters. The second-order valence-electron chi connectivity index (χ2n) is 6.97. The van der Waals surface area contributed by atoms with Crippen molar-refractivity contribution in [3.05, 3.63) is 95.1 Å². The number of hydrogen-bond acceptors (Lipinski definition) is 4. The van der Waals surface area contributed by atoms with Crippen LogP contribution in [-0.4, -0.2) is 14.5 Å². The van der Waals surface area contributed by atoms with Gasteiger partial charge in [-0.15, -0.1) is 11.3 Å². The molecule has 142 valence electrons. The molecular formula is C24H20N4S. The van der Waals surface area contributed by atoms with E-state index in [1.54, 1.807) is 17.7 Å². The number of nitrogens with zero attached hydrogens (tertiary/aromatic N) is 3. The molecule has 5 aromatic rings. The molecule has 29 heavy (non-hydrogen) atoms. The SMILES string of the molecule is Cc1cccc(-n2cc(-c3ccccc3)c3c(NCc4cccs4)ncnc32)c1. The normalized spacial score (nSPS) is 11.1. The van der Waals surface area contributed by atoms with Crippen molar-refractivity contribution in [3.8, 4) is 16.8 Å². The van der Waals surface area contributed by atoms with E-state index in [1.807, 2.05) is 6.07 Å². The molecule has 4 nitrogen and oxygen atoms in total. The predicted octanol–water partition coefficient (Wildman–Crippen LogP) is 6.07.